The Labute approximate surface area is 134 Å². The average molecular weight is 312 g/mol. The fraction of sp³-hybridized carbons (Fsp3) is 0.167. The number of nitrogens with one attached hydrogen (secondary N) is 2. The zero-order valence-electron chi connectivity index (χ0n) is 12.7. The van der Waals surface area contributed by atoms with Gasteiger partial charge in [0.1, 0.15) is 6.61 Å². The van der Waals surface area contributed by atoms with E-state index in [9.17, 15) is 9.18 Å². The van der Waals surface area contributed by atoms with E-state index in [1.807, 2.05) is 31.2 Å². The molecule has 0 aromatic heterocycles. The molecular weight excluding hydrogens is 295 g/mol. The van der Waals surface area contributed by atoms with Gasteiger partial charge >= 0.3 is 6.03 Å². The molecular formula is C18H17FN2O2. The lowest BCUT2D eigenvalue weighted by Gasteiger charge is -2.07. The first kappa shape index (κ1) is 16.4. The summed E-state index contributed by atoms with van der Waals surface area (Å²) in [6.07, 6.45) is 0. The Morgan fingerprint density at radius 1 is 1.13 bits per heavy atom. The summed E-state index contributed by atoms with van der Waals surface area (Å²) in [4.78, 5) is 11.7. The second-order valence-corrected chi connectivity index (χ2v) is 4.70. The third kappa shape index (κ3) is 5.36. The topological polar surface area (TPSA) is 50.4 Å². The van der Waals surface area contributed by atoms with Gasteiger partial charge in [0.2, 0.25) is 0 Å². The van der Waals surface area contributed by atoms with Crippen LogP contribution >= 0.6 is 0 Å². The van der Waals surface area contributed by atoms with Crippen molar-refractivity contribution in [2.24, 2.45) is 0 Å². The largest absolute Gasteiger partial charge is 0.478 e. The molecule has 0 saturated heterocycles. The number of carbonyl (C=O) groups is 1. The van der Waals surface area contributed by atoms with Crippen LogP contribution in [0.3, 0.4) is 0 Å². The number of rotatable bonds is 4. The standard InChI is InChI=1S/C18H17FN2O2/c1-14-8-2-4-10-16(14)21-18(22)20-12-6-7-13-23-17-11-5-3-9-15(17)19/h2-5,8-11H,12-13H2,1H3,(H2,20,21,22). The van der Waals surface area contributed by atoms with Gasteiger partial charge in [0.25, 0.3) is 0 Å². The predicted octanol–water partition coefficient (Wildman–Crippen LogP) is 3.34. The van der Waals surface area contributed by atoms with Crippen molar-refractivity contribution < 1.29 is 13.9 Å². The van der Waals surface area contributed by atoms with Gasteiger partial charge in [-0.3, -0.25) is 0 Å². The van der Waals surface area contributed by atoms with Crippen LogP contribution < -0.4 is 15.4 Å². The predicted molar refractivity (Wildman–Crippen MR) is 87.9 cm³/mol. The third-order valence-corrected chi connectivity index (χ3v) is 2.99. The van der Waals surface area contributed by atoms with Gasteiger partial charge < -0.3 is 15.4 Å². The summed E-state index contributed by atoms with van der Waals surface area (Å²) in [6, 6.07) is 13.3. The van der Waals surface area contributed by atoms with Crippen LogP contribution in [0.2, 0.25) is 0 Å². The van der Waals surface area contributed by atoms with Gasteiger partial charge in [-0.05, 0) is 30.7 Å². The number of ether oxygens (including phenoxy) is 1. The molecule has 0 spiro atoms. The van der Waals surface area contributed by atoms with Crippen molar-refractivity contribution in [3.8, 4) is 17.6 Å². The minimum absolute atomic E-state index is 0.0576. The van der Waals surface area contributed by atoms with E-state index in [0.717, 1.165) is 11.3 Å². The summed E-state index contributed by atoms with van der Waals surface area (Å²) in [6.45, 7) is 2.15. The normalized spacial score (nSPS) is 9.48. The smallest absolute Gasteiger partial charge is 0.320 e. The summed E-state index contributed by atoms with van der Waals surface area (Å²) in [5.74, 6) is 5.18. The minimum atomic E-state index is -0.426. The fourth-order valence-corrected chi connectivity index (χ4v) is 1.79. The molecule has 0 heterocycles. The van der Waals surface area contributed by atoms with Crippen molar-refractivity contribution in [2.45, 2.75) is 6.92 Å². The summed E-state index contributed by atoms with van der Waals surface area (Å²) >= 11 is 0. The number of urea groups is 1. The number of anilines is 1. The highest BCUT2D eigenvalue weighted by molar-refractivity contribution is 5.90. The maximum absolute atomic E-state index is 13.3. The molecule has 0 unspecified atom stereocenters. The van der Waals surface area contributed by atoms with E-state index in [1.54, 1.807) is 12.1 Å². The first-order valence-corrected chi connectivity index (χ1v) is 7.10. The second-order valence-electron chi connectivity index (χ2n) is 4.70. The van der Waals surface area contributed by atoms with Gasteiger partial charge in [-0.15, -0.1) is 0 Å². The van der Waals surface area contributed by atoms with Gasteiger partial charge in [-0.2, -0.15) is 0 Å². The molecule has 4 nitrogen and oxygen atoms in total. The molecule has 2 rings (SSSR count). The van der Waals surface area contributed by atoms with Gasteiger partial charge in [0.05, 0.1) is 6.54 Å². The molecule has 0 aliphatic carbocycles. The SMILES string of the molecule is Cc1ccccc1NC(=O)NCC#CCOc1ccccc1F. The maximum Gasteiger partial charge on any atom is 0.320 e. The van der Waals surface area contributed by atoms with Gasteiger partial charge in [0, 0.05) is 5.69 Å². The van der Waals surface area contributed by atoms with Crippen LogP contribution in [0.5, 0.6) is 5.75 Å². The molecule has 5 heteroatoms. The highest BCUT2D eigenvalue weighted by Gasteiger charge is 2.02. The van der Waals surface area contributed by atoms with Crippen LogP contribution in [0.1, 0.15) is 5.56 Å². The molecule has 0 atom stereocenters. The summed E-state index contributed by atoms with van der Waals surface area (Å²) in [5.41, 5.74) is 1.73. The van der Waals surface area contributed by atoms with Crippen molar-refractivity contribution in [2.75, 3.05) is 18.5 Å². The van der Waals surface area contributed by atoms with Crippen molar-refractivity contribution >= 4 is 11.7 Å². The van der Waals surface area contributed by atoms with Crippen LogP contribution in [0.15, 0.2) is 48.5 Å². The molecule has 0 aliphatic heterocycles. The third-order valence-electron chi connectivity index (χ3n) is 2.99. The first-order chi connectivity index (χ1) is 11.2. The van der Waals surface area contributed by atoms with E-state index in [2.05, 4.69) is 22.5 Å². The van der Waals surface area contributed by atoms with E-state index >= 15 is 0 Å². The zero-order valence-corrected chi connectivity index (χ0v) is 12.7. The Morgan fingerprint density at radius 3 is 2.65 bits per heavy atom. The molecule has 0 fully saturated rings. The van der Waals surface area contributed by atoms with Crippen molar-refractivity contribution in [1.29, 1.82) is 0 Å². The fourth-order valence-electron chi connectivity index (χ4n) is 1.79. The van der Waals surface area contributed by atoms with Gasteiger partial charge in [0.15, 0.2) is 11.6 Å². The number of hydrogen-bond donors (Lipinski definition) is 2. The lowest BCUT2D eigenvalue weighted by molar-refractivity contribution is 0.253. The van der Waals surface area contributed by atoms with Gasteiger partial charge in [-0.25, -0.2) is 9.18 Å². The Bertz CT molecular complexity index is 735. The zero-order chi connectivity index (χ0) is 16.5. The minimum Gasteiger partial charge on any atom is -0.478 e. The first-order valence-electron chi connectivity index (χ1n) is 7.10. The van der Waals surface area contributed by atoms with E-state index in [0.29, 0.717) is 0 Å². The average Bonchev–Trinajstić information content (AvgIpc) is 2.54. The molecule has 0 radical (unpaired) electrons. The second kappa shape index (κ2) is 8.44. The van der Waals surface area contributed by atoms with Crippen molar-refractivity contribution in [1.82, 2.24) is 5.32 Å². The quantitative estimate of drug-likeness (QED) is 0.851. The molecule has 2 N–H and O–H groups in total. The highest BCUT2D eigenvalue weighted by atomic mass is 19.1. The summed E-state index contributed by atoms with van der Waals surface area (Å²) in [7, 11) is 0. The molecule has 2 amide bonds. The van der Waals surface area contributed by atoms with Crippen molar-refractivity contribution in [3.63, 3.8) is 0 Å². The van der Waals surface area contributed by atoms with E-state index in [4.69, 9.17) is 4.74 Å². The monoisotopic (exact) mass is 312 g/mol. The highest BCUT2D eigenvalue weighted by Crippen LogP contribution is 2.14. The number of halogens is 1. The Morgan fingerprint density at radius 2 is 1.87 bits per heavy atom. The number of carbonyl (C=O) groups excluding carboxylic acids is 1. The van der Waals surface area contributed by atoms with Crippen LogP contribution in [-0.2, 0) is 0 Å². The van der Waals surface area contributed by atoms with Crippen LogP contribution in [0, 0.1) is 24.6 Å². The lowest BCUT2D eigenvalue weighted by atomic mass is 10.2. The molecule has 2 aromatic carbocycles. The Hall–Kier alpha value is -3.00. The molecule has 118 valence electrons. The maximum atomic E-state index is 13.3. The van der Waals surface area contributed by atoms with E-state index in [1.165, 1.54) is 12.1 Å². The summed E-state index contributed by atoms with van der Waals surface area (Å²) < 4.78 is 18.5. The van der Waals surface area contributed by atoms with Crippen LogP contribution in [0.4, 0.5) is 14.9 Å². The van der Waals surface area contributed by atoms with Crippen LogP contribution in [0.25, 0.3) is 0 Å². The number of para-hydroxylation sites is 2. The van der Waals surface area contributed by atoms with E-state index < -0.39 is 5.82 Å². The number of benzene rings is 2. The molecule has 2 aromatic rings. The van der Waals surface area contributed by atoms with E-state index in [-0.39, 0.29) is 24.9 Å². The molecule has 0 saturated carbocycles. The number of amides is 2. The Balaban J connectivity index is 1.70. The molecule has 23 heavy (non-hydrogen) atoms. The van der Waals surface area contributed by atoms with Crippen molar-refractivity contribution in [3.05, 3.63) is 59.9 Å². The van der Waals surface area contributed by atoms with Crippen LogP contribution in [-0.4, -0.2) is 19.2 Å². The van der Waals surface area contributed by atoms with Gasteiger partial charge in [-0.1, -0.05) is 42.2 Å². The molecule has 0 bridgehead atoms. The number of aryl methyl sites for hydroxylation is 1. The number of hydrogen-bond acceptors (Lipinski definition) is 2. The summed E-state index contributed by atoms with van der Waals surface area (Å²) in [5, 5.41) is 5.35. The molecule has 0 aliphatic rings. The Kier molecular flexibility index (Phi) is 6.01. The lowest BCUT2D eigenvalue weighted by Crippen LogP contribution is -2.29.